The minimum Gasteiger partial charge on any atom is -0.497 e. The first-order chi connectivity index (χ1) is 13.0. The number of aromatic amines is 2. The number of amides is 1. The molecule has 0 bridgehead atoms. The molecule has 0 spiro atoms. The Morgan fingerprint density at radius 1 is 1.26 bits per heavy atom. The Morgan fingerprint density at radius 2 is 2.07 bits per heavy atom. The second-order valence-electron chi connectivity index (χ2n) is 6.48. The summed E-state index contributed by atoms with van der Waals surface area (Å²) in [6.45, 7) is 3.19. The van der Waals surface area contributed by atoms with E-state index in [1.807, 2.05) is 25.1 Å². The first-order valence-corrected chi connectivity index (χ1v) is 9.55. The van der Waals surface area contributed by atoms with Gasteiger partial charge in [-0.1, -0.05) is 6.92 Å². The van der Waals surface area contributed by atoms with Crippen LogP contribution in [0.5, 0.6) is 5.75 Å². The fourth-order valence-electron chi connectivity index (χ4n) is 3.10. The number of nitrogens with one attached hydrogen (secondary N) is 3. The summed E-state index contributed by atoms with van der Waals surface area (Å²) in [7, 11) is 1.60. The van der Waals surface area contributed by atoms with Crippen molar-refractivity contribution in [2.75, 3.05) is 13.7 Å². The number of unbranched alkanes of at least 4 members (excludes halogenated alkanes) is 1. The minimum absolute atomic E-state index is 0.0503. The van der Waals surface area contributed by atoms with Crippen LogP contribution >= 0.6 is 12.2 Å². The molecule has 1 amide bonds. The summed E-state index contributed by atoms with van der Waals surface area (Å²) >= 11 is 5.40. The summed E-state index contributed by atoms with van der Waals surface area (Å²) in [6, 6.07) is 5.59. The molecule has 0 radical (unpaired) electrons. The molecule has 3 N–H and O–H groups in total. The Balaban J connectivity index is 1.81. The Morgan fingerprint density at radius 3 is 2.81 bits per heavy atom. The zero-order chi connectivity index (χ0) is 19.4. The molecule has 8 heteroatoms. The number of hydrogen-bond donors (Lipinski definition) is 3. The van der Waals surface area contributed by atoms with Gasteiger partial charge in [0.25, 0.3) is 5.56 Å². The average molecular weight is 388 g/mol. The molecular weight excluding hydrogens is 364 g/mol. The maximum absolute atomic E-state index is 12.9. The van der Waals surface area contributed by atoms with Crippen LogP contribution in [0, 0.1) is 4.77 Å². The van der Waals surface area contributed by atoms with Gasteiger partial charge in [0.05, 0.1) is 12.6 Å². The summed E-state index contributed by atoms with van der Waals surface area (Å²) in [5.41, 5.74) is 1.87. The Bertz CT molecular complexity index is 1080. The number of rotatable bonds is 8. The molecular formula is C19H24N4O3S. The van der Waals surface area contributed by atoms with Crippen molar-refractivity contribution < 1.29 is 9.53 Å². The van der Waals surface area contributed by atoms with E-state index < -0.39 is 0 Å². The van der Waals surface area contributed by atoms with Crippen molar-refractivity contribution in [1.29, 1.82) is 0 Å². The molecule has 0 unspecified atom stereocenters. The van der Waals surface area contributed by atoms with E-state index >= 15 is 0 Å². The molecule has 0 aliphatic carbocycles. The van der Waals surface area contributed by atoms with Gasteiger partial charge in [0.1, 0.15) is 11.3 Å². The summed E-state index contributed by atoms with van der Waals surface area (Å²) in [5.74, 6) is 0.766. The van der Waals surface area contributed by atoms with Crippen molar-refractivity contribution in [1.82, 2.24) is 19.9 Å². The monoisotopic (exact) mass is 388 g/mol. The molecule has 2 heterocycles. The summed E-state index contributed by atoms with van der Waals surface area (Å²) in [5, 5.41) is 3.72. The van der Waals surface area contributed by atoms with Gasteiger partial charge in [-0.2, -0.15) is 0 Å². The number of nitrogens with zero attached hydrogens (tertiary/aromatic N) is 1. The predicted octanol–water partition coefficient (Wildman–Crippen LogP) is 3.25. The van der Waals surface area contributed by atoms with Crippen LogP contribution in [-0.4, -0.2) is 34.1 Å². The van der Waals surface area contributed by atoms with Gasteiger partial charge in [-0.3, -0.25) is 14.2 Å². The molecule has 3 aromatic rings. The molecule has 0 atom stereocenters. The maximum atomic E-state index is 12.9. The van der Waals surface area contributed by atoms with Gasteiger partial charge < -0.3 is 20.0 Å². The van der Waals surface area contributed by atoms with Gasteiger partial charge in [0.15, 0.2) is 4.77 Å². The highest BCUT2D eigenvalue weighted by molar-refractivity contribution is 7.71. The quantitative estimate of drug-likeness (QED) is 0.408. The Hall–Kier alpha value is -2.61. The SMILES string of the molecule is CCCNC(=O)CCCCn1c(=S)[nH]c2c([nH]c3ccc(OC)cc32)c1=O. The van der Waals surface area contributed by atoms with E-state index in [2.05, 4.69) is 15.3 Å². The van der Waals surface area contributed by atoms with E-state index in [0.717, 1.165) is 17.3 Å². The molecule has 1 aromatic carbocycles. The molecule has 144 valence electrons. The van der Waals surface area contributed by atoms with Crippen molar-refractivity contribution in [3.05, 3.63) is 33.3 Å². The number of hydrogen-bond acceptors (Lipinski definition) is 4. The lowest BCUT2D eigenvalue weighted by Gasteiger charge is -2.07. The van der Waals surface area contributed by atoms with Crippen LogP contribution in [0.2, 0.25) is 0 Å². The van der Waals surface area contributed by atoms with Gasteiger partial charge in [0.2, 0.25) is 5.91 Å². The molecule has 7 nitrogen and oxygen atoms in total. The highest BCUT2D eigenvalue weighted by atomic mass is 32.1. The summed E-state index contributed by atoms with van der Waals surface area (Å²) in [4.78, 5) is 30.9. The molecule has 0 fully saturated rings. The van der Waals surface area contributed by atoms with Gasteiger partial charge >= 0.3 is 0 Å². The fraction of sp³-hybridized carbons (Fsp3) is 0.421. The molecule has 0 aliphatic heterocycles. The lowest BCUT2D eigenvalue weighted by Crippen LogP contribution is -2.24. The second-order valence-corrected chi connectivity index (χ2v) is 6.87. The standard InChI is InChI=1S/C19H24N4O3S/c1-3-9-20-15(24)6-4-5-10-23-18(25)17-16(22-19(23)27)13-11-12(26-2)7-8-14(13)21-17/h7-8,11,21H,3-6,9-10H2,1-2H3,(H,20,24)(H,22,27). The van der Waals surface area contributed by atoms with Crippen molar-refractivity contribution in [2.24, 2.45) is 0 Å². The van der Waals surface area contributed by atoms with Crippen LogP contribution in [-0.2, 0) is 11.3 Å². The summed E-state index contributed by atoms with van der Waals surface area (Å²) < 4.78 is 7.20. The molecule has 0 saturated heterocycles. The number of fused-ring (bicyclic) bond motifs is 3. The number of aromatic nitrogens is 3. The molecule has 3 rings (SSSR count). The highest BCUT2D eigenvalue weighted by Gasteiger charge is 2.12. The smallest absolute Gasteiger partial charge is 0.278 e. The lowest BCUT2D eigenvalue weighted by molar-refractivity contribution is -0.121. The predicted molar refractivity (Wildman–Crippen MR) is 109 cm³/mol. The van der Waals surface area contributed by atoms with Crippen molar-refractivity contribution in [2.45, 2.75) is 39.2 Å². The second kappa shape index (κ2) is 8.39. The lowest BCUT2D eigenvalue weighted by atomic mass is 10.2. The number of methoxy groups -OCH3 is 1. The normalized spacial score (nSPS) is 11.2. The summed E-state index contributed by atoms with van der Waals surface area (Å²) in [6.07, 6.45) is 2.79. The number of ether oxygens (including phenoxy) is 1. The van der Waals surface area contributed by atoms with E-state index in [9.17, 15) is 9.59 Å². The Labute approximate surface area is 161 Å². The zero-order valence-corrected chi connectivity index (χ0v) is 16.4. The van der Waals surface area contributed by atoms with E-state index in [1.165, 1.54) is 0 Å². The van der Waals surface area contributed by atoms with Crippen LogP contribution < -0.4 is 15.6 Å². The number of benzene rings is 1. The van der Waals surface area contributed by atoms with Crippen LogP contribution in [0.3, 0.4) is 0 Å². The maximum Gasteiger partial charge on any atom is 0.278 e. The number of H-pyrrole nitrogens is 2. The first-order valence-electron chi connectivity index (χ1n) is 9.14. The van der Waals surface area contributed by atoms with Gasteiger partial charge in [-0.05, 0) is 49.7 Å². The van der Waals surface area contributed by atoms with Crippen LogP contribution in [0.1, 0.15) is 32.6 Å². The van der Waals surface area contributed by atoms with Crippen LogP contribution in [0.15, 0.2) is 23.0 Å². The molecule has 27 heavy (non-hydrogen) atoms. The molecule has 2 aromatic heterocycles. The third-order valence-electron chi connectivity index (χ3n) is 4.55. The van der Waals surface area contributed by atoms with E-state index in [-0.39, 0.29) is 11.5 Å². The zero-order valence-electron chi connectivity index (χ0n) is 15.6. The third kappa shape index (κ3) is 4.05. The third-order valence-corrected chi connectivity index (χ3v) is 4.87. The van der Waals surface area contributed by atoms with E-state index in [4.69, 9.17) is 17.0 Å². The molecule has 0 saturated carbocycles. The first kappa shape index (κ1) is 19.2. The number of carbonyl (C=O) groups is 1. The van der Waals surface area contributed by atoms with Gasteiger partial charge in [-0.15, -0.1) is 0 Å². The largest absolute Gasteiger partial charge is 0.497 e. The molecule has 0 aliphatic rings. The Kier molecular flexibility index (Phi) is 5.95. The van der Waals surface area contributed by atoms with E-state index in [0.29, 0.717) is 53.9 Å². The van der Waals surface area contributed by atoms with Crippen LogP contribution in [0.4, 0.5) is 0 Å². The van der Waals surface area contributed by atoms with Gasteiger partial charge in [-0.25, -0.2) is 0 Å². The van der Waals surface area contributed by atoms with Crippen molar-refractivity contribution in [3.8, 4) is 5.75 Å². The van der Waals surface area contributed by atoms with Crippen molar-refractivity contribution in [3.63, 3.8) is 0 Å². The fourth-order valence-corrected chi connectivity index (χ4v) is 3.38. The van der Waals surface area contributed by atoms with Crippen molar-refractivity contribution >= 4 is 40.1 Å². The highest BCUT2D eigenvalue weighted by Crippen LogP contribution is 2.25. The number of carbonyl (C=O) groups excluding carboxylic acids is 1. The van der Waals surface area contributed by atoms with Crippen LogP contribution in [0.25, 0.3) is 21.9 Å². The van der Waals surface area contributed by atoms with Gasteiger partial charge in [0, 0.05) is 30.4 Å². The van der Waals surface area contributed by atoms with E-state index in [1.54, 1.807) is 11.7 Å². The average Bonchev–Trinajstić information content (AvgIpc) is 3.03. The topological polar surface area (TPSA) is 91.9 Å². The minimum atomic E-state index is -0.153.